The molecule has 8 aromatic rings. The molecule has 82 heavy (non-hydrogen) atoms. The molecule has 4 fully saturated rings. The normalized spacial score (nSPS) is 16.5. The molecule has 12 rings (SSSR count). The molecule has 6 aromatic heterocycles. The molecule has 2 aromatic carbocycles. The van der Waals surface area contributed by atoms with Gasteiger partial charge in [-0.3, -0.25) is 0 Å². The molecule has 0 radical (unpaired) electrons. The summed E-state index contributed by atoms with van der Waals surface area (Å²) >= 11 is 6.29. The molecule has 2 aliphatic carbocycles. The zero-order chi connectivity index (χ0) is 56.8. The summed E-state index contributed by atoms with van der Waals surface area (Å²) in [6, 6.07) is 7.32. The second kappa shape index (κ2) is 25.7. The van der Waals surface area contributed by atoms with E-state index in [1.54, 1.807) is 78.5 Å². The first-order chi connectivity index (χ1) is 39.2. The molecule has 2 aliphatic heterocycles. The second-order valence-electron chi connectivity index (χ2n) is 20.4. The zero-order valence-electron chi connectivity index (χ0n) is 46.3. The first-order valence-electron chi connectivity index (χ1n) is 26.7. The van der Waals surface area contributed by atoms with Crippen LogP contribution < -0.4 is 49.3 Å². The van der Waals surface area contributed by atoms with E-state index in [1.165, 1.54) is 56.3 Å². The highest BCUT2D eigenvalue weighted by Gasteiger charge is 2.45. The van der Waals surface area contributed by atoms with Crippen LogP contribution in [0.4, 0.5) is 46.8 Å². The molecule has 0 bridgehead atoms. The number of nitrogens with one attached hydrogen (secondary N) is 3. The van der Waals surface area contributed by atoms with Gasteiger partial charge in [0, 0.05) is 37.4 Å². The van der Waals surface area contributed by atoms with E-state index in [9.17, 15) is 17.6 Å². The van der Waals surface area contributed by atoms with E-state index in [-0.39, 0.29) is 36.7 Å². The van der Waals surface area contributed by atoms with Crippen molar-refractivity contribution in [2.75, 3.05) is 84.4 Å². The number of alkyl halides is 4. The number of methoxy groups -OCH3 is 6. The maximum absolute atomic E-state index is 13.7. The van der Waals surface area contributed by atoms with Crippen molar-refractivity contribution in [3.8, 4) is 45.9 Å². The largest absolute Gasteiger partial charge is 0.493 e. The lowest BCUT2D eigenvalue weighted by molar-refractivity contribution is -0.0476. The summed E-state index contributed by atoms with van der Waals surface area (Å²) in [5, 5.41) is 19.8. The molecule has 2 saturated heterocycles. The lowest BCUT2D eigenvalue weighted by Crippen LogP contribution is -2.57. The number of hydrogen-bond acceptors (Lipinski definition) is 18. The minimum Gasteiger partial charge on any atom is -0.493 e. The van der Waals surface area contributed by atoms with E-state index >= 15 is 0 Å². The van der Waals surface area contributed by atoms with Gasteiger partial charge in [0.2, 0.25) is 22.7 Å². The van der Waals surface area contributed by atoms with E-state index in [0.29, 0.717) is 80.6 Å². The number of halogens is 6. The summed E-state index contributed by atoms with van der Waals surface area (Å²) in [4.78, 5) is 28.6. The molecular formula is C54H66Cl2F4N16O6. The summed E-state index contributed by atoms with van der Waals surface area (Å²) in [5.74, 6) is 1.53. The maximum Gasteiger partial charge on any atom is 0.282 e. The molecule has 28 heteroatoms. The fourth-order valence-electron chi connectivity index (χ4n) is 10.4. The third kappa shape index (κ3) is 13.3. The van der Waals surface area contributed by atoms with E-state index in [2.05, 4.69) is 56.1 Å². The topological polar surface area (TPSA) is 218 Å². The van der Waals surface area contributed by atoms with Gasteiger partial charge in [0.1, 0.15) is 35.9 Å². The van der Waals surface area contributed by atoms with Crippen molar-refractivity contribution in [2.45, 2.75) is 89.1 Å². The summed E-state index contributed by atoms with van der Waals surface area (Å²) < 4.78 is 90.6. The van der Waals surface area contributed by atoms with Gasteiger partial charge < -0.3 is 58.4 Å². The minimum absolute atomic E-state index is 0. The zero-order valence-corrected chi connectivity index (χ0v) is 47.9. The van der Waals surface area contributed by atoms with E-state index in [0.717, 1.165) is 48.3 Å². The van der Waals surface area contributed by atoms with Crippen LogP contribution >= 0.6 is 24.0 Å². The number of imidazole rings is 2. The van der Waals surface area contributed by atoms with Crippen LogP contribution in [0.15, 0.2) is 61.7 Å². The van der Waals surface area contributed by atoms with Gasteiger partial charge in [-0.2, -0.15) is 30.1 Å². The van der Waals surface area contributed by atoms with Gasteiger partial charge in [0.25, 0.3) is 11.8 Å². The monoisotopic (exact) mass is 1180 g/mol. The Bertz CT molecular complexity index is 3390. The average molecular weight is 1180 g/mol. The van der Waals surface area contributed by atoms with Crippen LogP contribution in [0.5, 0.6) is 34.5 Å². The third-order valence-corrected chi connectivity index (χ3v) is 14.9. The average Bonchev–Trinajstić information content (AvgIpc) is 4.41. The fraction of sp³-hybridized carbons (Fsp3) is 0.481. The molecule has 22 nitrogen and oxygen atoms in total. The smallest absolute Gasteiger partial charge is 0.282 e. The van der Waals surface area contributed by atoms with Gasteiger partial charge in [-0.1, -0.05) is 38.5 Å². The Labute approximate surface area is 481 Å². The Balaban J connectivity index is 0.000000178. The third-order valence-electron chi connectivity index (χ3n) is 14.7. The van der Waals surface area contributed by atoms with Crippen LogP contribution in [0.3, 0.4) is 0 Å². The van der Waals surface area contributed by atoms with Gasteiger partial charge >= 0.3 is 0 Å². The SMILES string of the molecule is COc1cc(-n2cnc(Nc3nc(Cl)nc4c3cnn4CC3CCCCC3)c2)cc(OC)c1OC.COc1cc(-n2cnc(Nc3nc(N4CC(F)(F)C4)nc4c3cnn4CC3CCCCC3)c2)cc(OC)c1OC.Cl.FC1(F)CNC1. The van der Waals surface area contributed by atoms with Gasteiger partial charge in [-0.05, 0) is 49.1 Å². The lowest BCUT2D eigenvalue weighted by atomic mass is 9.89. The highest BCUT2D eigenvalue weighted by Crippen LogP contribution is 2.42. The molecular weight excluding hydrogens is 1120 g/mol. The standard InChI is InChI=1S/C27H32F2N8O3.C24H28ClN7O3.C3H5F2N.ClH/c1-38-20-9-18(10-21(39-2)23(20)40-3)35-13-22(30-16-35)32-24-19-11-31-37(12-17-7-5-4-6-8-17)25(19)34-26(33-24)36-14-27(28,29)15-36;1-33-18-9-16(10-19(34-2)21(18)35-3)31-13-20(26-14-31)28-22-17-11-27-32(23(17)30-24(25)29-22)12-15-7-5-4-6-8-15;4-3(5)1-6-2-3;/h9-11,13,16-17H,4-8,12,14-15H2,1-3H3,(H,32,33,34);9-11,13-15H,4-8,12H2,1-3H3,(H,28,29,30);6H,1-2H2;1H. The highest BCUT2D eigenvalue weighted by atomic mass is 35.5. The minimum atomic E-state index is -2.74. The van der Waals surface area contributed by atoms with Crippen molar-refractivity contribution in [3.63, 3.8) is 0 Å². The molecule has 0 atom stereocenters. The summed E-state index contributed by atoms with van der Waals surface area (Å²) in [5.41, 5.74) is 2.89. The Kier molecular flexibility index (Phi) is 18.5. The number of aromatic nitrogens is 12. The van der Waals surface area contributed by atoms with Gasteiger partial charge in [-0.15, -0.1) is 12.4 Å². The van der Waals surface area contributed by atoms with E-state index in [1.807, 2.05) is 44.4 Å². The van der Waals surface area contributed by atoms with Crippen molar-refractivity contribution in [2.24, 2.45) is 11.8 Å². The lowest BCUT2D eigenvalue weighted by Gasteiger charge is -2.38. The fourth-order valence-corrected chi connectivity index (χ4v) is 10.6. The van der Waals surface area contributed by atoms with E-state index < -0.39 is 24.9 Å². The number of nitrogens with zero attached hydrogens (tertiary/aromatic N) is 13. The predicted octanol–water partition coefficient (Wildman–Crippen LogP) is 10.5. The maximum atomic E-state index is 13.7. The van der Waals surface area contributed by atoms with Crippen molar-refractivity contribution in [1.82, 2.24) is 63.9 Å². The number of rotatable bonds is 17. The van der Waals surface area contributed by atoms with Crippen molar-refractivity contribution in [3.05, 3.63) is 67.0 Å². The van der Waals surface area contributed by atoms with Crippen LogP contribution in [0, 0.1) is 11.8 Å². The number of benzene rings is 2. The molecule has 8 heterocycles. The molecule has 4 aliphatic rings. The first-order valence-corrected chi connectivity index (χ1v) is 27.1. The Hall–Kier alpha value is -7.58. The van der Waals surface area contributed by atoms with Crippen LogP contribution in [-0.4, -0.2) is 139 Å². The van der Waals surface area contributed by atoms with Gasteiger partial charge in [-0.25, -0.2) is 36.9 Å². The van der Waals surface area contributed by atoms with E-state index in [4.69, 9.17) is 40.0 Å². The Morgan fingerprint density at radius 1 is 0.573 bits per heavy atom. The molecule has 2 saturated carbocycles. The van der Waals surface area contributed by atoms with Gasteiger partial charge in [0.15, 0.2) is 34.3 Å². The van der Waals surface area contributed by atoms with Crippen LogP contribution in [0.25, 0.3) is 33.4 Å². The van der Waals surface area contributed by atoms with Crippen molar-refractivity contribution < 1.29 is 46.0 Å². The predicted molar refractivity (Wildman–Crippen MR) is 304 cm³/mol. The number of anilines is 5. The van der Waals surface area contributed by atoms with Crippen LogP contribution in [-0.2, 0) is 13.1 Å². The van der Waals surface area contributed by atoms with Crippen molar-refractivity contribution >= 4 is 75.3 Å². The molecule has 0 unspecified atom stereocenters. The molecule has 3 N–H and O–H groups in total. The summed E-state index contributed by atoms with van der Waals surface area (Å²) in [6.07, 6.45) is 22.8. The van der Waals surface area contributed by atoms with Gasteiger partial charge in [0.05, 0.1) is 116 Å². The molecule has 0 spiro atoms. The summed E-state index contributed by atoms with van der Waals surface area (Å²) in [6.45, 7) is 0.492. The number of ether oxygens (including phenoxy) is 6. The Morgan fingerprint density at radius 2 is 0.988 bits per heavy atom. The first kappa shape index (κ1) is 59.1. The summed E-state index contributed by atoms with van der Waals surface area (Å²) in [7, 11) is 9.41. The van der Waals surface area contributed by atoms with Crippen LogP contribution in [0.2, 0.25) is 5.28 Å². The Morgan fingerprint density at radius 3 is 1.37 bits per heavy atom. The quantitative estimate of drug-likeness (QED) is 0.0570. The highest BCUT2D eigenvalue weighted by molar-refractivity contribution is 6.28. The number of hydrogen-bond donors (Lipinski definition) is 3. The van der Waals surface area contributed by atoms with Crippen LogP contribution in [0.1, 0.15) is 64.2 Å². The number of fused-ring (bicyclic) bond motifs is 2. The van der Waals surface area contributed by atoms with Crippen molar-refractivity contribution in [1.29, 1.82) is 0 Å². The molecule has 440 valence electrons. The second-order valence-corrected chi connectivity index (χ2v) is 20.7. The molecule has 0 amide bonds.